The Labute approximate surface area is 115 Å². The molecule has 2 rings (SSSR count). The molecule has 100 valence electrons. The quantitative estimate of drug-likeness (QED) is 0.906. The van der Waals surface area contributed by atoms with Crippen molar-refractivity contribution in [3.05, 3.63) is 35.4 Å². The van der Waals surface area contributed by atoms with Gasteiger partial charge in [0, 0.05) is 30.1 Å². The zero-order chi connectivity index (χ0) is 13.0. The third-order valence-corrected chi connectivity index (χ3v) is 5.19. The van der Waals surface area contributed by atoms with Gasteiger partial charge in [0.05, 0.1) is 0 Å². The number of benzene rings is 1. The molecule has 1 aliphatic heterocycles. The lowest BCUT2D eigenvalue weighted by atomic mass is 10.1. The van der Waals surface area contributed by atoms with Crippen LogP contribution in [0.1, 0.15) is 25.0 Å². The van der Waals surface area contributed by atoms with Crippen molar-refractivity contribution in [2.24, 2.45) is 5.73 Å². The number of rotatable bonds is 4. The molecule has 0 bridgehead atoms. The number of nitrogens with zero attached hydrogens (tertiary/aromatic N) is 1. The Kier molecular flexibility index (Phi) is 5.10. The van der Waals surface area contributed by atoms with Gasteiger partial charge in [-0.15, -0.1) is 0 Å². The molecular formula is C15H24N2S. The van der Waals surface area contributed by atoms with Gasteiger partial charge in [0.1, 0.15) is 0 Å². The highest BCUT2D eigenvalue weighted by molar-refractivity contribution is 8.00. The summed E-state index contributed by atoms with van der Waals surface area (Å²) in [6.07, 6.45) is 0.980. The lowest BCUT2D eigenvalue weighted by Crippen LogP contribution is -2.43. The topological polar surface area (TPSA) is 29.3 Å². The highest BCUT2D eigenvalue weighted by atomic mass is 32.2. The third-order valence-electron chi connectivity index (χ3n) is 3.86. The number of hydrogen-bond acceptors (Lipinski definition) is 3. The summed E-state index contributed by atoms with van der Waals surface area (Å²) in [5.41, 5.74) is 8.33. The predicted molar refractivity (Wildman–Crippen MR) is 81.0 cm³/mol. The fraction of sp³-hybridized carbons (Fsp3) is 0.600. The van der Waals surface area contributed by atoms with Gasteiger partial charge in [-0.1, -0.05) is 31.2 Å². The minimum Gasteiger partial charge on any atom is -0.330 e. The zero-order valence-corrected chi connectivity index (χ0v) is 12.2. The molecule has 0 radical (unpaired) electrons. The van der Waals surface area contributed by atoms with Gasteiger partial charge in [0.25, 0.3) is 0 Å². The lowest BCUT2D eigenvalue weighted by Gasteiger charge is -2.37. The summed E-state index contributed by atoms with van der Waals surface area (Å²) >= 11 is 2.09. The molecular weight excluding hydrogens is 240 g/mol. The molecule has 18 heavy (non-hydrogen) atoms. The molecule has 1 aromatic rings. The Morgan fingerprint density at radius 2 is 1.89 bits per heavy atom. The first kappa shape index (κ1) is 13.9. The Morgan fingerprint density at radius 1 is 1.22 bits per heavy atom. The van der Waals surface area contributed by atoms with Crippen LogP contribution in [0.2, 0.25) is 0 Å². The second-order valence-corrected chi connectivity index (χ2v) is 6.63. The van der Waals surface area contributed by atoms with Crippen molar-refractivity contribution in [1.82, 2.24) is 4.90 Å². The van der Waals surface area contributed by atoms with Crippen molar-refractivity contribution in [3.8, 4) is 0 Å². The molecule has 0 saturated carbocycles. The molecule has 0 aliphatic carbocycles. The van der Waals surface area contributed by atoms with Crippen molar-refractivity contribution in [1.29, 1.82) is 0 Å². The summed E-state index contributed by atoms with van der Waals surface area (Å²) < 4.78 is 0. The van der Waals surface area contributed by atoms with Crippen LogP contribution in [0.15, 0.2) is 24.3 Å². The summed E-state index contributed by atoms with van der Waals surface area (Å²) in [6.45, 7) is 7.71. The first-order chi connectivity index (χ1) is 8.70. The highest BCUT2D eigenvalue weighted by Crippen LogP contribution is 2.25. The van der Waals surface area contributed by atoms with Crippen LogP contribution in [0.4, 0.5) is 0 Å². The van der Waals surface area contributed by atoms with Gasteiger partial charge in [-0.3, -0.25) is 4.90 Å². The average Bonchev–Trinajstić information content (AvgIpc) is 2.38. The number of hydrogen-bond donors (Lipinski definition) is 1. The summed E-state index contributed by atoms with van der Waals surface area (Å²) in [5, 5.41) is 0.746. The van der Waals surface area contributed by atoms with Crippen LogP contribution < -0.4 is 5.73 Å². The smallest absolute Gasteiger partial charge is 0.0237 e. The van der Waals surface area contributed by atoms with E-state index >= 15 is 0 Å². The number of thioether (sulfide) groups is 1. The molecule has 2 N–H and O–H groups in total. The van der Waals surface area contributed by atoms with Crippen LogP contribution >= 0.6 is 11.8 Å². The maximum Gasteiger partial charge on any atom is 0.0237 e. The maximum absolute atomic E-state index is 5.57. The molecule has 2 atom stereocenters. The molecule has 1 heterocycles. The zero-order valence-electron chi connectivity index (χ0n) is 11.4. The van der Waals surface area contributed by atoms with Crippen LogP contribution in [0.5, 0.6) is 0 Å². The highest BCUT2D eigenvalue weighted by Gasteiger charge is 2.24. The van der Waals surface area contributed by atoms with Crippen molar-refractivity contribution in [2.45, 2.75) is 38.1 Å². The molecule has 2 unspecified atom stereocenters. The maximum atomic E-state index is 5.57. The largest absolute Gasteiger partial charge is 0.330 e. The molecule has 3 heteroatoms. The number of nitrogens with two attached hydrogens (primary N) is 1. The van der Waals surface area contributed by atoms with Crippen molar-refractivity contribution in [3.63, 3.8) is 0 Å². The summed E-state index contributed by atoms with van der Waals surface area (Å²) in [4.78, 5) is 2.60. The molecule has 1 aliphatic rings. The first-order valence-corrected chi connectivity index (χ1v) is 7.89. The van der Waals surface area contributed by atoms with E-state index in [1.54, 1.807) is 0 Å². The van der Waals surface area contributed by atoms with Gasteiger partial charge in [0.2, 0.25) is 0 Å². The monoisotopic (exact) mass is 264 g/mol. The Bertz CT molecular complexity index is 363. The molecule has 1 saturated heterocycles. The van der Waals surface area contributed by atoms with Gasteiger partial charge < -0.3 is 5.73 Å². The van der Waals surface area contributed by atoms with Gasteiger partial charge >= 0.3 is 0 Å². The van der Waals surface area contributed by atoms with E-state index in [0.717, 1.165) is 24.8 Å². The van der Waals surface area contributed by atoms with E-state index in [-0.39, 0.29) is 0 Å². The van der Waals surface area contributed by atoms with E-state index in [1.807, 2.05) is 0 Å². The minimum atomic E-state index is 0.674. The average molecular weight is 264 g/mol. The van der Waals surface area contributed by atoms with Crippen LogP contribution in [0.25, 0.3) is 0 Å². The predicted octanol–water partition coefficient (Wildman–Crippen LogP) is 2.51. The molecule has 1 fully saturated rings. The van der Waals surface area contributed by atoms with Gasteiger partial charge in [0.15, 0.2) is 0 Å². The molecule has 0 aromatic heterocycles. The Hall–Kier alpha value is -0.510. The van der Waals surface area contributed by atoms with Crippen molar-refractivity contribution in [2.75, 3.05) is 18.8 Å². The minimum absolute atomic E-state index is 0.674. The fourth-order valence-corrected chi connectivity index (χ4v) is 3.59. The third kappa shape index (κ3) is 3.50. The second kappa shape index (κ2) is 6.60. The van der Waals surface area contributed by atoms with Crippen LogP contribution in [0, 0.1) is 0 Å². The normalized spacial score (nSPS) is 25.3. The van der Waals surface area contributed by atoms with E-state index in [0.29, 0.717) is 6.04 Å². The van der Waals surface area contributed by atoms with Gasteiger partial charge in [-0.25, -0.2) is 0 Å². The fourth-order valence-electron chi connectivity index (χ4n) is 2.43. The van der Waals surface area contributed by atoms with E-state index in [2.05, 4.69) is 54.8 Å². The first-order valence-electron chi connectivity index (χ1n) is 6.84. The van der Waals surface area contributed by atoms with Crippen molar-refractivity contribution >= 4 is 11.8 Å². The van der Waals surface area contributed by atoms with Crippen LogP contribution in [-0.4, -0.2) is 35.0 Å². The summed E-state index contributed by atoms with van der Waals surface area (Å²) in [7, 11) is 0. The van der Waals surface area contributed by atoms with E-state index < -0.39 is 0 Å². The molecule has 0 amide bonds. The standard InChI is InChI=1S/C15H24N2S/c1-12-13(2)18-10-9-17(12)11-15-5-3-14(4-6-15)7-8-16/h3-6,12-13H,7-11,16H2,1-2H3. The van der Waals surface area contributed by atoms with Crippen molar-refractivity contribution < 1.29 is 0 Å². The Morgan fingerprint density at radius 3 is 2.56 bits per heavy atom. The summed E-state index contributed by atoms with van der Waals surface area (Å²) in [6, 6.07) is 9.62. The van der Waals surface area contributed by atoms with Gasteiger partial charge in [-0.2, -0.15) is 11.8 Å². The van der Waals surface area contributed by atoms with Crippen LogP contribution in [0.3, 0.4) is 0 Å². The molecule has 1 aromatic carbocycles. The SMILES string of the molecule is CC1SCCN(Cc2ccc(CCN)cc2)C1C. The van der Waals surface area contributed by atoms with Crippen LogP contribution in [-0.2, 0) is 13.0 Å². The molecule has 2 nitrogen and oxygen atoms in total. The molecule has 0 spiro atoms. The van der Waals surface area contributed by atoms with E-state index in [9.17, 15) is 0 Å². The van der Waals surface area contributed by atoms with Gasteiger partial charge in [-0.05, 0) is 31.0 Å². The Balaban J connectivity index is 1.96. The van der Waals surface area contributed by atoms with E-state index in [4.69, 9.17) is 5.73 Å². The van der Waals surface area contributed by atoms with E-state index in [1.165, 1.54) is 23.4 Å². The second-order valence-electron chi connectivity index (χ2n) is 5.14. The summed E-state index contributed by atoms with van der Waals surface area (Å²) in [5.74, 6) is 1.26. The lowest BCUT2D eigenvalue weighted by molar-refractivity contribution is 0.204.